The normalized spacial score (nSPS) is 20.8. The summed E-state index contributed by atoms with van der Waals surface area (Å²) in [5.41, 5.74) is 0.907. The van der Waals surface area contributed by atoms with Crippen LogP contribution in [-0.4, -0.2) is 34.4 Å². The van der Waals surface area contributed by atoms with Gasteiger partial charge in [0.15, 0.2) is 9.84 Å². The molecule has 1 aromatic carbocycles. The molecule has 0 amide bonds. The standard InChI is InChI=1S/C13H19NO3S/c1-17-9-5-4-8-14-12-10-18(15,16)13-7-3-2-6-11(12)13/h2-3,6-7,12,14H,4-5,8-10H2,1H3. The first-order chi connectivity index (χ1) is 8.65. The Balaban J connectivity index is 1.96. The molecule has 0 bridgehead atoms. The number of fused-ring (bicyclic) bond motifs is 1. The van der Waals surface area contributed by atoms with Gasteiger partial charge in [0.2, 0.25) is 0 Å². The van der Waals surface area contributed by atoms with Crippen LogP contribution in [0.15, 0.2) is 29.2 Å². The molecule has 0 spiro atoms. The monoisotopic (exact) mass is 269 g/mol. The van der Waals surface area contributed by atoms with Crippen molar-refractivity contribution in [1.29, 1.82) is 0 Å². The van der Waals surface area contributed by atoms with Crippen molar-refractivity contribution in [2.75, 3.05) is 26.0 Å². The summed E-state index contributed by atoms with van der Waals surface area (Å²) in [6, 6.07) is 7.19. The number of hydrogen-bond acceptors (Lipinski definition) is 4. The Morgan fingerprint density at radius 1 is 1.33 bits per heavy atom. The molecule has 0 radical (unpaired) electrons. The highest BCUT2D eigenvalue weighted by Gasteiger charge is 2.33. The second-order valence-corrected chi connectivity index (χ2v) is 6.53. The molecule has 0 saturated heterocycles. The zero-order valence-corrected chi connectivity index (χ0v) is 11.4. The number of benzene rings is 1. The molecule has 1 aliphatic rings. The van der Waals surface area contributed by atoms with E-state index in [0.717, 1.165) is 31.6 Å². The zero-order valence-electron chi connectivity index (χ0n) is 10.6. The van der Waals surface area contributed by atoms with E-state index in [1.54, 1.807) is 19.2 Å². The molecule has 1 aliphatic heterocycles. The number of sulfone groups is 1. The van der Waals surface area contributed by atoms with Crippen LogP contribution in [0.3, 0.4) is 0 Å². The molecule has 1 heterocycles. The molecule has 1 N–H and O–H groups in total. The minimum Gasteiger partial charge on any atom is -0.385 e. The smallest absolute Gasteiger partial charge is 0.180 e. The van der Waals surface area contributed by atoms with E-state index in [1.165, 1.54) is 0 Å². The van der Waals surface area contributed by atoms with Gasteiger partial charge in [-0.25, -0.2) is 8.42 Å². The summed E-state index contributed by atoms with van der Waals surface area (Å²) >= 11 is 0. The lowest BCUT2D eigenvalue weighted by Gasteiger charge is -2.12. The molecule has 5 heteroatoms. The lowest BCUT2D eigenvalue weighted by molar-refractivity contribution is 0.192. The predicted molar refractivity (Wildman–Crippen MR) is 70.3 cm³/mol. The first-order valence-corrected chi connectivity index (χ1v) is 7.84. The Labute approximate surface area is 108 Å². The van der Waals surface area contributed by atoms with Crippen molar-refractivity contribution in [3.63, 3.8) is 0 Å². The van der Waals surface area contributed by atoms with Crippen LogP contribution in [0.4, 0.5) is 0 Å². The summed E-state index contributed by atoms with van der Waals surface area (Å²) in [6.45, 7) is 1.57. The molecule has 1 aromatic rings. The molecule has 2 rings (SSSR count). The summed E-state index contributed by atoms with van der Waals surface area (Å²) < 4.78 is 28.9. The van der Waals surface area contributed by atoms with Gasteiger partial charge < -0.3 is 10.1 Å². The molecule has 0 aromatic heterocycles. The van der Waals surface area contributed by atoms with Crippen molar-refractivity contribution < 1.29 is 13.2 Å². The number of ether oxygens (including phenoxy) is 1. The van der Waals surface area contributed by atoms with E-state index in [0.29, 0.717) is 4.90 Å². The third kappa shape index (κ3) is 2.91. The second-order valence-electron chi connectivity index (χ2n) is 4.53. The van der Waals surface area contributed by atoms with Gasteiger partial charge in [0.25, 0.3) is 0 Å². The van der Waals surface area contributed by atoms with E-state index >= 15 is 0 Å². The number of hydrogen-bond donors (Lipinski definition) is 1. The van der Waals surface area contributed by atoms with Crippen molar-refractivity contribution in [3.05, 3.63) is 29.8 Å². The Hall–Kier alpha value is -0.910. The summed E-state index contributed by atoms with van der Waals surface area (Å²) in [4.78, 5) is 0.486. The fourth-order valence-corrected chi connectivity index (χ4v) is 4.04. The summed E-state index contributed by atoms with van der Waals surface area (Å²) in [7, 11) is -1.40. The van der Waals surface area contributed by atoms with Crippen molar-refractivity contribution in [2.45, 2.75) is 23.8 Å². The van der Waals surface area contributed by atoms with E-state index in [4.69, 9.17) is 4.74 Å². The van der Waals surface area contributed by atoms with Crippen LogP contribution in [0.5, 0.6) is 0 Å². The Morgan fingerprint density at radius 2 is 2.11 bits per heavy atom. The molecule has 1 unspecified atom stereocenters. The highest BCUT2D eigenvalue weighted by atomic mass is 32.2. The van der Waals surface area contributed by atoms with Gasteiger partial charge in [0.05, 0.1) is 10.6 Å². The fraction of sp³-hybridized carbons (Fsp3) is 0.538. The quantitative estimate of drug-likeness (QED) is 0.796. The second kappa shape index (κ2) is 5.82. The minimum atomic E-state index is -3.09. The van der Waals surface area contributed by atoms with Gasteiger partial charge in [-0.15, -0.1) is 0 Å². The maximum absolute atomic E-state index is 11.9. The van der Waals surface area contributed by atoms with Crippen molar-refractivity contribution in [3.8, 4) is 0 Å². The number of unbranched alkanes of at least 4 members (excludes halogenated alkanes) is 1. The maximum atomic E-state index is 11.9. The topological polar surface area (TPSA) is 55.4 Å². The first kappa shape index (κ1) is 13.5. The molecular formula is C13H19NO3S. The Bertz CT molecular complexity index is 499. The average molecular weight is 269 g/mol. The van der Waals surface area contributed by atoms with Gasteiger partial charge in [0, 0.05) is 19.8 Å². The van der Waals surface area contributed by atoms with Crippen LogP contribution in [-0.2, 0) is 14.6 Å². The lowest BCUT2D eigenvalue weighted by atomic mass is 10.1. The van der Waals surface area contributed by atoms with Crippen LogP contribution in [0.1, 0.15) is 24.4 Å². The van der Waals surface area contributed by atoms with E-state index in [2.05, 4.69) is 5.32 Å². The molecule has 4 nitrogen and oxygen atoms in total. The molecule has 100 valence electrons. The number of methoxy groups -OCH3 is 1. The van der Waals surface area contributed by atoms with Gasteiger partial charge >= 0.3 is 0 Å². The van der Waals surface area contributed by atoms with E-state index in [1.807, 2.05) is 12.1 Å². The van der Waals surface area contributed by atoms with Gasteiger partial charge in [0.1, 0.15) is 0 Å². The van der Waals surface area contributed by atoms with Gasteiger partial charge in [-0.2, -0.15) is 0 Å². The molecule has 1 atom stereocenters. The third-order valence-electron chi connectivity index (χ3n) is 3.18. The van der Waals surface area contributed by atoms with Crippen molar-refractivity contribution in [2.24, 2.45) is 0 Å². The highest BCUT2D eigenvalue weighted by Crippen LogP contribution is 2.32. The van der Waals surface area contributed by atoms with E-state index in [-0.39, 0.29) is 11.8 Å². The van der Waals surface area contributed by atoms with Crippen molar-refractivity contribution in [1.82, 2.24) is 5.32 Å². The van der Waals surface area contributed by atoms with Crippen LogP contribution in [0.25, 0.3) is 0 Å². The van der Waals surface area contributed by atoms with Gasteiger partial charge in [-0.1, -0.05) is 18.2 Å². The molecule has 0 saturated carbocycles. The van der Waals surface area contributed by atoms with Crippen molar-refractivity contribution >= 4 is 9.84 Å². The summed E-state index contributed by atoms with van der Waals surface area (Å²) in [5.74, 6) is 0.177. The summed E-state index contributed by atoms with van der Waals surface area (Å²) in [5, 5.41) is 3.32. The fourth-order valence-electron chi connectivity index (χ4n) is 2.27. The highest BCUT2D eigenvalue weighted by molar-refractivity contribution is 7.91. The van der Waals surface area contributed by atoms with Crippen LogP contribution in [0, 0.1) is 0 Å². The molecule has 18 heavy (non-hydrogen) atoms. The molecule has 0 fully saturated rings. The van der Waals surface area contributed by atoms with E-state index < -0.39 is 9.84 Å². The first-order valence-electron chi connectivity index (χ1n) is 6.19. The van der Waals surface area contributed by atoms with Crippen LogP contribution >= 0.6 is 0 Å². The van der Waals surface area contributed by atoms with Gasteiger partial charge in [-0.3, -0.25) is 0 Å². The number of nitrogens with one attached hydrogen (secondary N) is 1. The van der Waals surface area contributed by atoms with Crippen LogP contribution in [0.2, 0.25) is 0 Å². The van der Waals surface area contributed by atoms with E-state index in [9.17, 15) is 8.42 Å². The Kier molecular flexibility index (Phi) is 4.37. The SMILES string of the molecule is COCCCCNC1CS(=O)(=O)c2ccccc21. The minimum absolute atomic E-state index is 0.0613. The molecular weight excluding hydrogens is 250 g/mol. The third-order valence-corrected chi connectivity index (χ3v) is 5.00. The van der Waals surface area contributed by atoms with Gasteiger partial charge in [-0.05, 0) is 31.0 Å². The number of rotatable bonds is 6. The molecule has 0 aliphatic carbocycles. The maximum Gasteiger partial charge on any atom is 0.180 e. The predicted octanol–water partition coefficient (Wildman–Crippen LogP) is 1.53. The largest absolute Gasteiger partial charge is 0.385 e. The zero-order chi connectivity index (χ0) is 13.0. The lowest BCUT2D eigenvalue weighted by Crippen LogP contribution is -2.24. The average Bonchev–Trinajstić information content (AvgIpc) is 2.62. The Morgan fingerprint density at radius 3 is 2.89 bits per heavy atom. The summed E-state index contributed by atoms with van der Waals surface area (Å²) in [6.07, 6.45) is 1.98. The van der Waals surface area contributed by atoms with Crippen LogP contribution < -0.4 is 5.32 Å².